The summed E-state index contributed by atoms with van der Waals surface area (Å²) in [6.07, 6.45) is 2.37. The summed E-state index contributed by atoms with van der Waals surface area (Å²) in [5.74, 6) is -0.155. The summed E-state index contributed by atoms with van der Waals surface area (Å²) in [5.41, 5.74) is 6.61. The van der Waals surface area contributed by atoms with Crippen molar-refractivity contribution in [2.24, 2.45) is 5.73 Å². The maximum absolute atomic E-state index is 11.9. The van der Waals surface area contributed by atoms with Gasteiger partial charge in [0.05, 0.1) is 5.54 Å². The Bertz CT molecular complexity index is 554. The van der Waals surface area contributed by atoms with Gasteiger partial charge in [-0.3, -0.25) is 9.69 Å². The van der Waals surface area contributed by atoms with Crippen LogP contribution in [0.25, 0.3) is 0 Å². The van der Waals surface area contributed by atoms with Gasteiger partial charge in [0.1, 0.15) is 0 Å². The largest absolute Gasteiger partial charge is 0.338 e. The van der Waals surface area contributed by atoms with Gasteiger partial charge in [0.25, 0.3) is 0 Å². The molecule has 0 atom stereocenters. The van der Waals surface area contributed by atoms with E-state index in [0.717, 1.165) is 24.9 Å². The van der Waals surface area contributed by atoms with Crippen LogP contribution in [0.5, 0.6) is 0 Å². The molecule has 3 amide bonds. The van der Waals surface area contributed by atoms with Gasteiger partial charge in [0.2, 0.25) is 5.91 Å². The number of benzene rings is 1. The van der Waals surface area contributed by atoms with Gasteiger partial charge in [-0.2, -0.15) is 0 Å². The molecule has 0 unspecified atom stereocenters. The third-order valence-electron chi connectivity index (χ3n) is 3.74. The lowest BCUT2D eigenvalue weighted by Crippen LogP contribution is -2.46. The number of amides is 3. The number of urea groups is 1. The number of rotatable bonds is 3. The first-order valence-corrected chi connectivity index (χ1v) is 6.84. The Kier molecular flexibility index (Phi) is 3.10. The molecular weight excluding hydrogens is 256 g/mol. The van der Waals surface area contributed by atoms with Crippen molar-refractivity contribution in [2.75, 3.05) is 23.3 Å². The third kappa shape index (κ3) is 2.46. The molecule has 3 rings (SSSR count). The minimum Gasteiger partial charge on any atom is -0.338 e. The number of hydrogen-bond donors (Lipinski definition) is 3. The van der Waals surface area contributed by atoms with E-state index in [9.17, 15) is 9.59 Å². The number of nitrogens with one attached hydrogen (secondary N) is 2. The minimum atomic E-state index is -0.696. The lowest BCUT2D eigenvalue weighted by Gasteiger charge is -2.27. The van der Waals surface area contributed by atoms with Gasteiger partial charge in [-0.1, -0.05) is 6.07 Å². The summed E-state index contributed by atoms with van der Waals surface area (Å²) in [4.78, 5) is 25.4. The fourth-order valence-electron chi connectivity index (χ4n) is 2.24. The van der Waals surface area contributed by atoms with Crippen LogP contribution in [0.4, 0.5) is 16.2 Å². The summed E-state index contributed by atoms with van der Waals surface area (Å²) in [6.45, 7) is 1.39. The molecule has 2 aliphatic rings. The zero-order chi connectivity index (χ0) is 14.2. The van der Waals surface area contributed by atoms with Gasteiger partial charge in [-0.05, 0) is 37.5 Å². The van der Waals surface area contributed by atoms with Crippen LogP contribution < -0.4 is 21.3 Å². The second-order valence-corrected chi connectivity index (χ2v) is 5.40. The molecule has 20 heavy (non-hydrogen) atoms. The molecule has 1 aromatic rings. The van der Waals surface area contributed by atoms with Crippen LogP contribution in [0.15, 0.2) is 24.3 Å². The van der Waals surface area contributed by atoms with Gasteiger partial charge in [-0.25, -0.2) is 4.79 Å². The lowest BCUT2D eigenvalue weighted by molar-refractivity contribution is -0.118. The average molecular weight is 274 g/mol. The first kappa shape index (κ1) is 12.9. The van der Waals surface area contributed by atoms with Crippen LogP contribution in [0.2, 0.25) is 0 Å². The average Bonchev–Trinajstić information content (AvgIpc) is 3.19. The van der Waals surface area contributed by atoms with Crippen molar-refractivity contribution < 1.29 is 9.59 Å². The van der Waals surface area contributed by atoms with Crippen molar-refractivity contribution in [3.63, 3.8) is 0 Å². The molecule has 1 aliphatic carbocycles. The minimum absolute atomic E-state index is 0.0998. The van der Waals surface area contributed by atoms with Crippen molar-refractivity contribution in [1.29, 1.82) is 0 Å². The van der Waals surface area contributed by atoms with Crippen molar-refractivity contribution in [3.05, 3.63) is 24.3 Å². The number of carbonyl (C=O) groups is 2. The second-order valence-electron chi connectivity index (χ2n) is 5.40. The van der Waals surface area contributed by atoms with Crippen molar-refractivity contribution >= 4 is 23.3 Å². The lowest BCUT2D eigenvalue weighted by atomic mass is 10.2. The normalized spacial score (nSPS) is 20.2. The molecule has 0 bridgehead atoms. The first-order chi connectivity index (χ1) is 9.58. The van der Waals surface area contributed by atoms with E-state index in [1.54, 1.807) is 17.0 Å². The van der Waals surface area contributed by atoms with Crippen molar-refractivity contribution in [1.82, 2.24) is 5.32 Å². The summed E-state index contributed by atoms with van der Waals surface area (Å²) < 4.78 is 0. The second kappa shape index (κ2) is 4.79. The van der Waals surface area contributed by atoms with Crippen LogP contribution >= 0.6 is 0 Å². The fraction of sp³-hybridized carbons (Fsp3) is 0.429. The Hall–Kier alpha value is -2.08. The van der Waals surface area contributed by atoms with E-state index in [1.807, 2.05) is 12.1 Å². The number of nitrogens with two attached hydrogens (primary N) is 1. The highest BCUT2D eigenvalue weighted by atomic mass is 16.2. The zero-order valence-corrected chi connectivity index (χ0v) is 11.2. The Morgan fingerprint density at radius 2 is 2.20 bits per heavy atom. The molecule has 1 saturated carbocycles. The molecule has 1 aromatic carbocycles. The monoisotopic (exact) mass is 274 g/mol. The molecule has 1 saturated heterocycles. The van der Waals surface area contributed by atoms with E-state index in [0.29, 0.717) is 18.8 Å². The molecule has 0 aromatic heterocycles. The maximum Gasteiger partial charge on any atom is 0.321 e. The van der Waals surface area contributed by atoms with Crippen LogP contribution in [0, 0.1) is 0 Å². The van der Waals surface area contributed by atoms with E-state index >= 15 is 0 Å². The number of hydrogen-bond acceptors (Lipinski definition) is 3. The predicted octanol–water partition coefficient (Wildman–Crippen LogP) is 1.04. The molecule has 6 heteroatoms. The van der Waals surface area contributed by atoms with E-state index in [4.69, 9.17) is 5.73 Å². The third-order valence-corrected chi connectivity index (χ3v) is 3.74. The Balaban J connectivity index is 1.75. The molecule has 1 heterocycles. The Labute approximate surface area is 117 Å². The van der Waals surface area contributed by atoms with Gasteiger partial charge in [0.15, 0.2) is 0 Å². The van der Waals surface area contributed by atoms with Crippen LogP contribution in [-0.4, -0.2) is 30.6 Å². The standard InChI is InChI=1S/C14H18N4O2/c15-14(5-6-14)12(19)17-10-3-1-4-11(9-10)18-8-2-7-16-13(18)20/h1,3-4,9H,2,5-8,15H2,(H,16,20)(H,17,19). The van der Waals surface area contributed by atoms with Crippen molar-refractivity contribution in [2.45, 2.75) is 24.8 Å². The SMILES string of the molecule is NC1(C(=O)Nc2cccc(N3CCCNC3=O)c2)CC1. The van der Waals surface area contributed by atoms with Gasteiger partial charge in [0, 0.05) is 24.5 Å². The Morgan fingerprint density at radius 1 is 1.40 bits per heavy atom. The zero-order valence-electron chi connectivity index (χ0n) is 11.2. The molecular formula is C14H18N4O2. The highest BCUT2D eigenvalue weighted by Gasteiger charge is 2.45. The summed E-state index contributed by atoms with van der Waals surface area (Å²) in [6, 6.07) is 7.18. The molecule has 4 N–H and O–H groups in total. The van der Waals surface area contributed by atoms with E-state index in [1.165, 1.54) is 0 Å². The quantitative estimate of drug-likeness (QED) is 0.769. The molecule has 0 radical (unpaired) electrons. The smallest absolute Gasteiger partial charge is 0.321 e. The molecule has 1 aliphatic heterocycles. The summed E-state index contributed by atoms with van der Waals surface area (Å²) in [7, 11) is 0. The topological polar surface area (TPSA) is 87.5 Å². The number of anilines is 2. The van der Waals surface area contributed by atoms with Gasteiger partial charge < -0.3 is 16.4 Å². The van der Waals surface area contributed by atoms with Crippen molar-refractivity contribution in [3.8, 4) is 0 Å². The van der Waals surface area contributed by atoms with Gasteiger partial charge >= 0.3 is 6.03 Å². The van der Waals surface area contributed by atoms with E-state index < -0.39 is 5.54 Å². The number of carbonyl (C=O) groups excluding carboxylic acids is 2. The van der Waals surface area contributed by atoms with E-state index in [-0.39, 0.29) is 11.9 Å². The molecule has 6 nitrogen and oxygen atoms in total. The molecule has 2 fully saturated rings. The summed E-state index contributed by atoms with van der Waals surface area (Å²) in [5, 5.41) is 5.62. The highest BCUT2D eigenvalue weighted by Crippen LogP contribution is 2.33. The molecule has 0 spiro atoms. The predicted molar refractivity (Wildman–Crippen MR) is 76.6 cm³/mol. The number of nitrogens with zero attached hydrogens (tertiary/aromatic N) is 1. The fourth-order valence-corrected chi connectivity index (χ4v) is 2.24. The summed E-state index contributed by atoms with van der Waals surface area (Å²) >= 11 is 0. The van der Waals surface area contributed by atoms with Crippen LogP contribution in [0.1, 0.15) is 19.3 Å². The van der Waals surface area contributed by atoms with Crippen LogP contribution in [-0.2, 0) is 4.79 Å². The Morgan fingerprint density at radius 3 is 2.90 bits per heavy atom. The van der Waals surface area contributed by atoms with Crippen LogP contribution in [0.3, 0.4) is 0 Å². The molecule has 106 valence electrons. The van der Waals surface area contributed by atoms with Gasteiger partial charge in [-0.15, -0.1) is 0 Å². The first-order valence-electron chi connectivity index (χ1n) is 6.84. The maximum atomic E-state index is 11.9. The highest BCUT2D eigenvalue weighted by molar-refractivity contribution is 6.01. The van der Waals surface area contributed by atoms with E-state index in [2.05, 4.69) is 10.6 Å².